The fourth-order valence-electron chi connectivity index (χ4n) is 5.75. The van der Waals surface area contributed by atoms with Gasteiger partial charge in [0.2, 0.25) is 5.91 Å². The number of carbonyl (C=O) groups is 3. The summed E-state index contributed by atoms with van der Waals surface area (Å²) in [5.74, 6) is 0.0610. The van der Waals surface area contributed by atoms with E-state index in [0.717, 1.165) is 50.5 Å². The van der Waals surface area contributed by atoms with E-state index in [2.05, 4.69) is 5.32 Å². The molecule has 1 aromatic carbocycles. The Kier molecular flexibility index (Phi) is 9.25. The van der Waals surface area contributed by atoms with Gasteiger partial charge in [0.1, 0.15) is 18.2 Å². The minimum absolute atomic E-state index is 0. The lowest BCUT2D eigenvalue weighted by Crippen LogP contribution is -2.55. The molecule has 4 rings (SSSR count). The van der Waals surface area contributed by atoms with Gasteiger partial charge < -0.3 is 24.6 Å². The molecule has 0 bridgehead atoms. The molecule has 3 aliphatic rings. The number of nitrogens with one attached hydrogen (secondary N) is 1. The summed E-state index contributed by atoms with van der Waals surface area (Å²) in [7, 11) is 0. The van der Waals surface area contributed by atoms with E-state index < -0.39 is 17.7 Å². The summed E-state index contributed by atoms with van der Waals surface area (Å²) in [5.41, 5.74) is 0.318. The van der Waals surface area contributed by atoms with Crippen LogP contribution in [0.1, 0.15) is 78.7 Å². The number of carbonyl (C=O) groups excluding carboxylic acids is 3. The van der Waals surface area contributed by atoms with E-state index in [1.54, 1.807) is 4.90 Å². The third kappa shape index (κ3) is 6.71. The number of rotatable bonds is 5. The number of nitrogens with zero attached hydrogens (tertiary/aromatic N) is 2. The largest absolute Gasteiger partial charge is 0.445 e. The zero-order valence-electron chi connectivity index (χ0n) is 21.2. The van der Waals surface area contributed by atoms with Gasteiger partial charge >= 0.3 is 12.2 Å². The molecule has 0 spiro atoms. The minimum Gasteiger partial charge on any atom is -0.445 e. The molecule has 2 saturated heterocycles. The van der Waals surface area contributed by atoms with Crippen molar-refractivity contribution in [2.24, 2.45) is 5.92 Å². The van der Waals surface area contributed by atoms with E-state index in [-0.39, 0.29) is 44.0 Å². The SMILES string of the molecule is C.CC(C)(C)OC(=O)NC(C(=O)N1CCC2C1CCN2C(=O)OCc1ccccc1)C1CCCCC1. The Morgan fingerprint density at radius 2 is 1.56 bits per heavy atom. The Hall–Kier alpha value is -2.77. The molecular formula is C28H43N3O5. The number of amides is 3. The predicted molar refractivity (Wildman–Crippen MR) is 138 cm³/mol. The molecule has 3 unspecified atom stereocenters. The number of likely N-dealkylation sites (tertiary alicyclic amines) is 2. The van der Waals surface area contributed by atoms with Gasteiger partial charge in [0.05, 0.1) is 12.1 Å². The van der Waals surface area contributed by atoms with E-state index in [1.807, 2.05) is 56.0 Å². The standard InChI is InChI=1S/C27H39N3O5.CH4/c1-27(2,3)35-25(32)28-23(20-12-8-5-9-13-20)24(31)29-16-14-22-21(29)15-17-30(22)26(33)34-18-19-10-6-4-7-11-19;/h4,6-7,10-11,20-23H,5,8-9,12-18H2,1-3H3,(H,28,32);1H4. The molecule has 1 aliphatic carbocycles. The van der Waals surface area contributed by atoms with Crippen molar-refractivity contribution in [1.82, 2.24) is 15.1 Å². The zero-order chi connectivity index (χ0) is 25.0. The van der Waals surface area contributed by atoms with Crippen molar-refractivity contribution in [3.8, 4) is 0 Å². The van der Waals surface area contributed by atoms with Crippen molar-refractivity contribution in [3.05, 3.63) is 35.9 Å². The quantitative estimate of drug-likeness (QED) is 0.606. The molecule has 8 heteroatoms. The van der Waals surface area contributed by atoms with Crippen LogP contribution < -0.4 is 5.32 Å². The molecule has 8 nitrogen and oxygen atoms in total. The van der Waals surface area contributed by atoms with Crippen LogP contribution in [0.25, 0.3) is 0 Å². The summed E-state index contributed by atoms with van der Waals surface area (Å²) in [5, 5.41) is 2.91. The first-order chi connectivity index (χ1) is 16.7. The molecule has 200 valence electrons. The number of alkyl carbamates (subject to hydrolysis) is 1. The predicted octanol–water partition coefficient (Wildman–Crippen LogP) is 5.11. The molecule has 36 heavy (non-hydrogen) atoms. The van der Waals surface area contributed by atoms with Crippen LogP contribution in [0.5, 0.6) is 0 Å². The second-order valence-corrected chi connectivity index (χ2v) is 11.0. The Balaban J connectivity index is 0.00000361. The van der Waals surface area contributed by atoms with Gasteiger partial charge in [-0.15, -0.1) is 0 Å². The molecule has 3 amide bonds. The Bertz CT molecular complexity index is 894. The van der Waals surface area contributed by atoms with Gasteiger partial charge in [0, 0.05) is 13.1 Å². The molecule has 0 aromatic heterocycles. The van der Waals surface area contributed by atoms with Crippen LogP contribution in [0.2, 0.25) is 0 Å². The van der Waals surface area contributed by atoms with Crippen LogP contribution in [0, 0.1) is 5.92 Å². The molecular weight excluding hydrogens is 458 g/mol. The van der Waals surface area contributed by atoms with Gasteiger partial charge in [0.25, 0.3) is 0 Å². The molecule has 1 saturated carbocycles. The fraction of sp³-hybridized carbons (Fsp3) is 0.679. The van der Waals surface area contributed by atoms with Crippen molar-refractivity contribution < 1.29 is 23.9 Å². The molecule has 3 atom stereocenters. The van der Waals surface area contributed by atoms with Crippen LogP contribution in [0.4, 0.5) is 9.59 Å². The normalized spacial score (nSPS) is 22.9. The summed E-state index contributed by atoms with van der Waals surface area (Å²) >= 11 is 0. The van der Waals surface area contributed by atoms with Crippen molar-refractivity contribution >= 4 is 18.1 Å². The maximum absolute atomic E-state index is 13.8. The molecule has 2 aliphatic heterocycles. The molecule has 1 aromatic rings. The molecule has 1 N–H and O–H groups in total. The monoisotopic (exact) mass is 501 g/mol. The highest BCUT2D eigenvalue weighted by atomic mass is 16.6. The van der Waals surface area contributed by atoms with Gasteiger partial charge in [-0.1, -0.05) is 57.0 Å². The summed E-state index contributed by atoms with van der Waals surface area (Å²) in [4.78, 5) is 42.9. The van der Waals surface area contributed by atoms with Crippen LogP contribution in [0.3, 0.4) is 0 Å². The maximum Gasteiger partial charge on any atom is 0.410 e. The van der Waals surface area contributed by atoms with Gasteiger partial charge in [-0.05, 0) is 57.9 Å². The molecule has 0 radical (unpaired) electrons. The van der Waals surface area contributed by atoms with E-state index in [4.69, 9.17) is 9.47 Å². The van der Waals surface area contributed by atoms with Crippen LogP contribution in [0.15, 0.2) is 30.3 Å². The molecule has 3 fully saturated rings. The third-order valence-corrected chi connectivity index (χ3v) is 7.36. The lowest BCUT2D eigenvalue weighted by Gasteiger charge is -2.35. The van der Waals surface area contributed by atoms with Crippen LogP contribution in [-0.4, -0.2) is 64.7 Å². The summed E-state index contributed by atoms with van der Waals surface area (Å²) in [6.45, 7) is 6.84. The lowest BCUT2D eigenvalue weighted by molar-refractivity contribution is -0.136. The Morgan fingerprint density at radius 3 is 2.19 bits per heavy atom. The van der Waals surface area contributed by atoms with Crippen LogP contribution in [-0.2, 0) is 20.9 Å². The second-order valence-electron chi connectivity index (χ2n) is 11.0. The highest BCUT2D eigenvalue weighted by molar-refractivity contribution is 5.87. The van der Waals surface area contributed by atoms with Crippen molar-refractivity contribution in [3.63, 3.8) is 0 Å². The Morgan fingerprint density at radius 1 is 0.944 bits per heavy atom. The first-order valence-electron chi connectivity index (χ1n) is 13.0. The number of fused-ring (bicyclic) bond motifs is 1. The van der Waals surface area contributed by atoms with E-state index in [1.165, 1.54) is 0 Å². The number of hydrogen-bond donors (Lipinski definition) is 1. The summed E-state index contributed by atoms with van der Waals surface area (Å²) < 4.78 is 11.0. The van der Waals surface area contributed by atoms with E-state index >= 15 is 0 Å². The summed E-state index contributed by atoms with van der Waals surface area (Å²) in [6.07, 6.45) is 5.72. The zero-order valence-corrected chi connectivity index (χ0v) is 21.2. The van der Waals surface area contributed by atoms with Gasteiger partial charge in [0.15, 0.2) is 0 Å². The van der Waals surface area contributed by atoms with E-state index in [0.29, 0.717) is 13.1 Å². The van der Waals surface area contributed by atoms with Crippen LogP contribution >= 0.6 is 0 Å². The van der Waals surface area contributed by atoms with Crippen molar-refractivity contribution in [2.75, 3.05) is 13.1 Å². The number of ether oxygens (including phenoxy) is 2. The number of hydrogen-bond acceptors (Lipinski definition) is 5. The first-order valence-corrected chi connectivity index (χ1v) is 13.0. The highest BCUT2D eigenvalue weighted by Crippen LogP contribution is 2.35. The number of benzene rings is 1. The van der Waals surface area contributed by atoms with Gasteiger partial charge in [-0.25, -0.2) is 9.59 Å². The van der Waals surface area contributed by atoms with Gasteiger partial charge in [-0.3, -0.25) is 4.79 Å². The van der Waals surface area contributed by atoms with Crippen molar-refractivity contribution in [1.29, 1.82) is 0 Å². The fourth-order valence-corrected chi connectivity index (χ4v) is 5.75. The second kappa shape index (κ2) is 12.0. The first kappa shape index (κ1) is 27.8. The average Bonchev–Trinajstić information content (AvgIpc) is 3.43. The third-order valence-electron chi connectivity index (χ3n) is 7.36. The average molecular weight is 502 g/mol. The maximum atomic E-state index is 13.8. The van der Waals surface area contributed by atoms with Crippen molar-refractivity contribution in [2.45, 2.75) is 103 Å². The van der Waals surface area contributed by atoms with Gasteiger partial charge in [-0.2, -0.15) is 0 Å². The Labute approximate surface area is 215 Å². The highest BCUT2D eigenvalue weighted by Gasteiger charge is 2.49. The summed E-state index contributed by atoms with van der Waals surface area (Å²) in [6, 6.07) is 8.95. The molecule has 2 heterocycles. The topological polar surface area (TPSA) is 88.2 Å². The van der Waals surface area contributed by atoms with E-state index in [9.17, 15) is 14.4 Å². The minimum atomic E-state index is -0.630. The lowest BCUT2D eigenvalue weighted by atomic mass is 9.83. The smallest absolute Gasteiger partial charge is 0.410 e.